The van der Waals surface area contributed by atoms with E-state index in [0.29, 0.717) is 17.4 Å². The number of rotatable bonds is 7. The van der Waals surface area contributed by atoms with E-state index in [1.807, 2.05) is 85.4 Å². The largest absolute Gasteiger partial charge is 0.494 e. The Hall–Kier alpha value is -3.36. The molecule has 1 fully saturated rings. The van der Waals surface area contributed by atoms with E-state index in [2.05, 4.69) is 23.7 Å². The molecule has 198 valence electrons. The Morgan fingerprint density at radius 1 is 1.08 bits per heavy atom. The van der Waals surface area contributed by atoms with Crippen LogP contribution in [0.3, 0.4) is 0 Å². The lowest BCUT2D eigenvalue weighted by molar-refractivity contribution is -0.113. The summed E-state index contributed by atoms with van der Waals surface area (Å²) in [6.07, 6.45) is 5.08. The second-order valence-electron chi connectivity index (χ2n) is 10.2. The molecule has 2 aromatic carbocycles. The number of nitrogens with zero attached hydrogens (tertiary/aromatic N) is 4. The summed E-state index contributed by atoms with van der Waals surface area (Å²) in [5.74, 6) is 1.22. The van der Waals surface area contributed by atoms with Crippen molar-refractivity contribution >= 4 is 28.9 Å². The van der Waals surface area contributed by atoms with Crippen LogP contribution in [-0.4, -0.2) is 57.7 Å². The molecule has 1 saturated heterocycles. The van der Waals surface area contributed by atoms with Crippen molar-refractivity contribution in [2.45, 2.75) is 46.3 Å². The number of hydrogen-bond acceptors (Lipinski definition) is 6. The average Bonchev–Trinajstić information content (AvgIpc) is 3.48. The smallest absolute Gasteiger partial charge is 0.286 e. The molecule has 0 saturated carbocycles. The molecule has 0 radical (unpaired) electrons. The van der Waals surface area contributed by atoms with Gasteiger partial charge in [-0.3, -0.25) is 4.79 Å². The number of para-hydroxylation sites is 1. The Labute approximate surface area is 228 Å². The predicted octanol–water partition coefficient (Wildman–Crippen LogP) is 6.04. The van der Waals surface area contributed by atoms with Crippen molar-refractivity contribution in [3.05, 3.63) is 71.3 Å². The van der Waals surface area contributed by atoms with Crippen LogP contribution in [0.5, 0.6) is 5.75 Å². The molecule has 3 aromatic rings. The zero-order valence-electron chi connectivity index (χ0n) is 22.3. The van der Waals surface area contributed by atoms with Crippen molar-refractivity contribution in [2.24, 2.45) is 10.9 Å². The van der Waals surface area contributed by atoms with Gasteiger partial charge in [-0.1, -0.05) is 32.0 Å². The lowest BCUT2D eigenvalue weighted by atomic mass is 10.1. The molecule has 3 heterocycles. The molecule has 0 spiro atoms. The maximum atomic E-state index is 12.9. The van der Waals surface area contributed by atoms with E-state index in [0.717, 1.165) is 52.9 Å². The highest BCUT2D eigenvalue weighted by molar-refractivity contribution is 8.18. The Bertz CT molecular complexity index is 1320. The van der Waals surface area contributed by atoms with E-state index in [1.54, 1.807) is 0 Å². The molecule has 38 heavy (non-hydrogen) atoms. The minimum absolute atomic E-state index is 0.0956. The number of carbonyl (C=O) groups is 1. The molecule has 2 aliphatic rings. The van der Waals surface area contributed by atoms with Crippen LogP contribution in [0.15, 0.2) is 70.7 Å². The molecule has 0 unspecified atom stereocenters. The average molecular weight is 531 g/mol. The fourth-order valence-corrected chi connectivity index (χ4v) is 5.48. The second-order valence-corrected chi connectivity index (χ2v) is 11.3. The molecule has 0 N–H and O–H groups in total. The third kappa shape index (κ3) is 6.19. The topological polar surface area (TPSA) is 68.9 Å². The summed E-state index contributed by atoms with van der Waals surface area (Å²) in [6.45, 7) is 10.6. The molecule has 2 atom stereocenters. The maximum absolute atomic E-state index is 12.9. The Morgan fingerprint density at radius 3 is 2.47 bits per heavy atom. The summed E-state index contributed by atoms with van der Waals surface area (Å²) in [7, 11) is 0. The highest BCUT2D eigenvalue weighted by atomic mass is 32.2. The van der Waals surface area contributed by atoms with E-state index in [4.69, 9.17) is 14.6 Å². The normalized spacial score (nSPS) is 20.9. The van der Waals surface area contributed by atoms with E-state index >= 15 is 0 Å². The molecule has 0 bridgehead atoms. The molecule has 2 aliphatic heterocycles. The summed E-state index contributed by atoms with van der Waals surface area (Å²) in [5, 5.41) is 5.65. The van der Waals surface area contributed by atoms with Gasteiger partial charge in [-0.25, -0.2) is 4.68 Å². The van der Waals surface area contributed by atoms with Gasteiger partial charge in [0, 0.05) is 30.4 Å². The third-order valence-corrected chi connectivity index (χ3v) is 7.49. The monoisotopic (exact) mass is 530 g/mol. The fourth-order valence-electron chi connectivity index (χ4n) is 4.56. The minimum atomic E-state index is -0.218. The highest BCUT2D eigenvalue weighted by Crippen LogP contribution is 2.34. The molecule has 1 aromatic heterocycles. The molecule has 1 amide bonds. The van der Waals surface area contributed by atoms with Crippen LogP contribution in [0.25, 0.3) is 23.0 Å². The van der Waals surface area contributed by atoms with E-state index in [9.17, 15) is 4.79 Å². The predicted molar refractivity (Wildman–Crippen MR) is 154 cm³/mol. The molecule has 8 heteroatoms. The summed E-state index contributed by atoms with van der Waals surface area (Å²) >= 11 is 1.42. The van der Waals surface area contributed by atoms with Gasteiger partial charge in [0.05, 0.1) is 35.1 Å². The second kappa shape index (κ2) is 11.6. The highest BCUT2D eigenvalue weighted by Gasteiger charge is 2.31. The molecule has 7 nitrogen and oxygen atoms in total. The van der Waals surface area contributed by atoms with Crippen LogP contribution < -0.4 is 4.74 Å². The summed E-state index contributed by atoms with van der Waals surface area (Å²) in [5.41, 5.74) is 3.56. The maximum Gasteiger partial charge on any atom is 0.286 e. The summed E-state index contributed by atoms with van der Waals surface area (Å²) < 4.78 is 13.6. The number of aromatic nitrogens is 2. The van der Waals surface area contributed by atoms with Gasteiger partial charge >= 0.3 is 0 Å². The van der Waals surface area contributed by atoms with Gasteiger partial charge in [-0.2, -0.15) is 10.1 Å². The van der Waals surface area contributed by atoms with E-state index in [1.165, 1.54) is 11.8 Å². The molecular formula is C30H34N4O3S. The van der Waals surface area contributed by atoms with Crippen molar-refractivity contribution in [3.63, 3.8) is 0 Å². The van der Waals surface area contributed by atoms with Gasteiger partial charge in [0.25, 0.3) is 5.91 Å². The molecular weight excluding hydrogens is 496 g/mol. The number of amides is 1. The number of ether oxygens (including phenoxy) is 2. The first-order valence-corrected chi connectivity index (χ1v) is 14.0. The van der Waals surface area contributed by atoms with Crippen LogP contribution in [0, 0.1) is 5.92 Å². The first-order chi connectivity index (χ1) is 18.4. The lowest BCUT2D eigenvalue weighted by Gasteiger charge is -2.35. The number of benzene rings is 2. The van der Waals surface area contributed by atoms with Crippen molar-refractivity contribution in [3.8, 4) is 22.7 Å². The Balaban J connectivity index is 1.42. The number of thioether (sulfide) groups is 1. The van der Waals surface area contributed by atoms with Gasteiger partial charge in [-0.05, 0) is 80.4 Å². The Morgan fingerprint density at radius 2 is 1.79 bits per heavy atom. The van der Waals surface area contributed by atoms with Crippen LogP contribution in [0.1, 0.15) is 39.7 Å². The first kappa shape index (κ1) is 26.3. The fraction of sp³-hybridized carbons (Fsp3) is 0.367. The van der Waals surface area contributed by atoms with Gasteiger partial charge in [-0.15, -0.1) is 0 Å². The van der Waals surface area contributed by atoms with Crippen molar-refractivity contribution in [2.75, 3.05) is 19.7 Å². The van der Waals surface area contributed by atoms with Crippen LogP contribution in [0.2, 0.25) is 0 Å². The van der Waals surface area contributed by atoms with Gasteiger partial charge < -0.3 is 14.4 Å². The number of carbonyl (C=O) groups excluding carboxylic acids is 1. The summed E-state index contributed by atoms with van der Waals surface area (Å²) in [4.78, 5) is 20.1. The SMILES string of the molecule is CC(C)CCOc1ccc(-c2nn(-c3ccccc3)cc2/C=C2\SC(N3C[C@H](C)O[C@@H](C)C3)=NC2=O)cc1. The van der Waals surface area contributed by atoms with Crippen LogP contribution in [0.4, 0.5) is 0 Å². The van der Waals surface area contributed by atoms with Crippen LogP contribution in [-0.2, 0) is 9.53 Å². The van der Waals surface area contributed by atoms with Crippen LogP contribution >= 0.6 is 11.8 Å². The minimum Gasteiger partial charge on any atom is -0.494 e. The number of hydrogen-bond donors (Lipinski definition) is 0. The van der Waals surface area contributed by atoms with Crippen molar-refractivity contribution < 1.29 is 14.3 Å². The van der Waals surface area contributed by atoms with Gasteiger partial charge in [0.15, 0.2) is 5.17 Å². The van der Waals surface area contributed by atoms with E-state index in [-0.39, 0.29) is 18.1 Å². The quantitative estimate of drug-likeness (QED) is 0.347. The Kier molecular flexibility index (Phi) is 8.00. The summed E-state index contributed by atoms with van der Waals surface area (Å²) in [6, 6.07) is 18.0. The lowest BCUT2D eigenvalue weighted by Crippen LogP contribution is -2.47. The van der Waals surface area contributed by atoms with Gasteiger partial charge in [0.1, 0.15) is 5.75 Å². The van der Waals surface area contributed by atoms with E-state index < -0.39 is 0 Å². The van der Waals surface area contributed by atoms with Crippen molar-refractivity contribution in [1.29, 1.82) is 0 Å². The number of morpholine rings is 1. The third-order valence-electron chi connectivity index (χ3n) is 6.44. The first-order valence-electron chi connectivity index (χ1n) is 13.2. The standard InChI is InChI=1S/C30H34N4O3S/c1-20(2)14-15-36-26-12-10-23(11-13-26)28-24(19-34(32-28)25-8-6-5-7-9-25)16-27-29(35)31-30(38-27)33-17-21(3)37-22(4)18-33/h5-13,16,19-22H,14-15,17-18H2,1-4H3/b27-16-/t21-,22-/m0/s1. The number of aliphatic imine (C=N–C) groups is 1. The zero-order valence-corrected chi connectivity index (χ0v) is 23.1. The van der Waals surface area contributed by atoms with Gasteiger partial charge in [0.2, 0.25) is 0 Å². The number of amidine groups is 1. The van der Waals surface area contributed by atoms with Crippen molar-refractivity contribution in [1.82, 2.24) is 14.7 Å². The zero-order chi connectivity index (χ0) is 26.6. The molecule has 0 aliphatic carbocycles. The molecule has 5 rings (SSSR count).